The molecule has 0 fully saturated rings. The molecule has 1 aliphatic rings. The molecule has 0 spiro atoms. The van der Waals surface area contributed by atoms with Crippen LogP contribution in [0.25, 0.3) is 0 Å². The first-order valence-corrected chi connectivity index (χ1v) is 6.88. The number of carbonyl (C=O) groups excluding carboxylic acids is 1. The minimum Gasteiger partial charge on any atom is -0.469 e. The van der Waals surface area contributed by atoms with E-state index < -0.39 is 5.41 Å². The Morgan fingerprint density at radius 2 is 2.00 bits per heavy atom. The second kappa shape index (κ2) is 5.33. The Kier molecular flexibility index (Phi) is 3.95. The van der Waals surface area contributed by atoms with Crippen LogP contribution in [-0.4, -0.2) is 20.1 Å². The van der Waals surface area contributed by atoms with Gasteiger partial charge in [-0.2, -0.15) is 0 Å². The highest BCUT2D eigenvalue weighted by Gasteiger charge is 2.38. The first-order valence-electron chi connectivity index (χ1n) is 6.88. The maximum atomic E-state index is 12.0. The molecule has 0 heterocycles. The molecular formula is C16H23NO2. The molecule has 1 aromatic carbocycles. The number of hydrogen-bond donors (Lipinski definition) is 1. The zero-order valence-electron chi connectivity index (χ0n) is 12.2. The molecule has 1 unspecified atom stereocenters. The van der Waals surface area contributed by atoms with Gasteiger partial charge < -0.3 is 10.1 Å². The molecule has 19 heavy (non-hydrogen) atoms. The maximum absolute atomic E-state index is 12.0. The van der Waals surface area contributed by atoms with Crippen LogP contribution < -0.4 is 5.32 Å². The van der Waals surface area contributed by atoms with E-state index in [1.165, 1.54) is 36.6 Å². The summed E-state index contributed by atoms with van der Waals surface area (Å²) in [6, 6.07) is 6.55. The van der Waals surface area contributed by atoms with Crippen molar-refractivity contribution in [1.82, 2.24) is 5.32 Å². The summed E-state index contributed by atoms with van der Waals surface area (Å²) in [6.45, 7) is 3.85. The van der Waals surface area contributed by atoms with Crippen molar-refractivity contribution in [1.29, 1.82) is 0 Å². The molecular weight excluding hydrogens is 238 g/mol. The molecule has 3 heteroatoms. The SMILES string of the molecule is CNC(c1ccc2c(c1)CCC2)C(C)(C)C(=O)OC. The second-order valence-electron chi connectivity index (χ2n) is 5.82. The van der Waals surface area contributed by atoms with E-state index in [2.05, 4.69) is 23.5 Å². The van der Waals surface area contributed by atoms with Gasteiger partial charge >= 0.3 is 5.97 Å². The molecule has 1 N–H and O–H groups in total. The third-order valence-electron chi connectivity index (χ3n) is 4.18. The first kappa shape index (κ1) is 14.1. The van der Waals surface area contributed by atoms with E-state index in [9.17, 15) is 4.79 Å². The second-order valence-corrected chi connectivity index (χ2v) is 5.82. The number of hydrogen-bond acceptors (Lipinski definition) is 3. The fraction of sp³-hybridized carbons (Fsp3) is 0.562. The maximum Gasteiger partial charge on any atom is 0.313 e. The summed E-state index contributed by atoms with van der Waals surface area (Å²) in [5, 5.41) is 3.26. The lowest BCUT2D eigenvalue weighted by Gasteiger charge is -2.32. The van der Waals surface area contributed by atoms with Crippen LogP contribution >= 0.6 is 0 Å². The predicted octanol–water partition coefficient (Wildman–Crippen LogP) is 2.64. The van der Waals surface area contributed by atoms with Crippen LogP contribution in [0, 0.1) is 5.41 Å². The fourth-order valence-electron chi connectivity index (χ4n) is 3.10. The number of methoxy groups -OCH3 is 1. The van der Waals surface area contributed by atoms with Crippen molar-refractivity contribution in [3.8, 4) is 0 Å². The van der Waals surface area contributed by atoms with Crippen LogP contribution in [0.15, 0.2) is 18.2 Å². The number of nitrogens with one attached hydrogen (secondary N) is 1. The van der Waals surface area contributed by atoms with Crippen molar-refractivity contribution in [2.45, 2.75) is 39.2 Å². The monoisotopic (exact) mass is 261 g/mol. The molecule has 1 atom stereocenters. The van der Waals surface area contributed by atoms with Crippen molar-refractivity contribution in [3.05, 3.63) is 34.9 Å². The van der Waals surface area contributed by atoms with Crippen molar-refractivity contribution in [2.75, 3.05) is 14.2 Å². The van der Waals surface area contributed by atoms with Gasteiger partial charge in [-0.1, -0.05) is 18.2 Å². The number of benzene rings is 1. The lowest BCUT2D eigenvalue weighted by atomic mass is 9.80. The van der Waals surface area contributed by atoms with E-state index in [1.807, 2.05) is 20.9 Å². The number of rotatable bonds is 4. The Bertz CT molecular complexity index is 480. The minimum absolute atomic E-state index is 0.0363. The normalized spacial score (nSPS) is 16.0. The van der Waals surface area contributed by atoms with Gasteiger partial charge in [0.2, 0.25) is 0 Å². The number of ether oxygens (including phenoxy) is 1. The number of aryl methyl sites for hydroxylation is 2. The number of esters is 1. The third-order valence-corrected chi connectivity index (χ3v) is 4.18. The summed E-state index contributed by atoms with van der Waals surface area (Å²) in [7, 11) is 3.34. The van der Waals surface area contributed by atoms with Gasteiger partial charge in [-0.3, -0.25) is 4.79 Å². The van der Waals surface area contributed by atoms with Gasteiger partial charge in [0.25, 0.3) is 0 Å². The molecule has 1 aromatic rings. The molecule has 0 saturated carbocycles. The fourth-order valence-corrected chi connectivity index (χ4v) is 3.10. The highest BCUT2D eigenvalue weighted by atomic mass is 16.5. The van der Waals surface area contributed by atoms with Crippen LogP contribution in [0.4, 0.5) is 0 Å². The number of fused-ring (bicyclic) bond motifs is 1. The summed E-state index contributed by atoms with van der Waals surface area (Å²) in [4.78, 5) is 12.0. The van der Waals surface area contributed by atoms with Crippen LogP contribution in [0.1, 0.15) is 43.0 Å². The van der Waals surface area contributed by atoms with Gasteiger partial charge in [0.15, 0.2) is 0 Å². The van der Waals surface area contributed by atoms with Gasteiger partial charge in [-0.05, 0) is 56.8 Å². The number of carbonyl (C=O) groups is 1. The van der Waals surface area contributed by atoms with E-state index in [1.54, 1.807) is 0 Å². The van der Waals surface area contributed by atoms with Crippen LogP contribution in [-0.2, 0) is 22.4 Å². The van der Waals surface area contributed by atoms with Gasteiger partial charge in [-0.25, -0.2) is 0 Å². The van der Waals surface area contributed by atoms with E-state index in [4.69, 9.17) is 4.74 Å². The highest BCUT2D eigenvalue weighted by molar-refractivity contribution is 5.77. The van der Waals surface area contributed by atoms with Crippen LogP contribution in [0.5, 0.6) is 0 Å². The van der Waals surface area contributed by atoms with Gasteiger partial charge in [0, 0.05) is 6.04 Å². The summed E-state index contributed by atoms with van der Waals surface area (Å²) in [5.74, 6) is -0.188. The van der Waals surface area contributed by atoms with Crippen molar-refractivity contribution in [3.63, 3.8) is 0 Å². The molecule has 104 valence electrons. The highest BCUT2D eigenvalue weighted by Crippen LogP contribution is 2.36. The van der Waals surface area contributed by atoms with Crippen LogP contribution in [0.3, 0.4) is 0 Å². The molecule has 0 amide bonds. The molecule has 0 bridgehead atoms. The lowest BCUT2D eigenvalue weighted by Crippen LogP contribution is -2.39. The average molecular weight is 261 g/mol. The summed E-state index contributed by atoms with van der Waals surface area (Å²) in [5.41, 5.74) is 3.46. The van der Waals surface area contributed by atoms with Gasteiger partial charge in [-0.15, -0.1) is 0 Å². The standard InChI is InChI=1S/C16H23NO2/c1-16(2,15(18)19-4)14(17-3)13-9-8-11-6-5-7-12(11)10-13/h8-10,14,17H,5-7H2,1-4H3. The van der Waals surface area contributed by atoms with Gasteiger partial charge in [0.1, 0.15) is 0 Å². The van der Waals surface area contributed by atoms with Crippen molar-refractivity contribution >= 4 is 5.97 Å². The quantitative estimate of drug-likeness (QED) is 0.847. The Balaban J connectivity index is 2.34. The van der Waals surface area contributed by atoms with E-state index in [0.29, 0.717) is 0 Å². The Morgan fingerprint density at radius 3 is 2.63 bits per heavy atom. The van der Waals surface area contributed by atoms with Crippen molar-refractivity contribution < 1.29 is 9.53 Å². The van der Waals surface area contributed by atoms with E-state index >= 15 is 0 Å². The van der Waals surface area contributed by atoms with Crippen LogP contribution in [0.2, 0.25) is 0 Å². The molecule has 3 nitrogen and oxygen atoms in total. The first-order chi connectivity index (χ1) is 9.00. The summed E-state index contributed by atoms with van der Waals surface area (Å²) < 4.78 is 4.93. The van der Waals surface area contributed by atoms with Crippen molar-refractivity contribution in [2.24, 2.45) is 5.41 Å². The smallest absolute Gasteiger partial charge is 0.313 e. The zero-order chi connectivity index (χ0) is 14.0. The predicted molar refractivity (Wildman–Crippen MR) is 76.1 cm³/mol. The topological polar surface area (TPSA) is 38.3 Å². The molecule has 0 aromatic heterocycles. The summed E-state index contributed by atoms with van der Waals surface area (Å²) >= 11 is 0. The Hall–Kier alpha value is -1.35. The third kappa shape index (κ3) is 2.52. The largest absolute Gasteiger partial charge is 0.469 e. The zero-order valence-corrected chi connectivity index (χ0v) is 12.2. The lowest BCUT2D eigenvalue weighted by molar-refractivity contribution is -0.152. The Morgan fingerprint density at radius 1 is 1.32 bits per heavy atom. The molecule has 0 aliphatic heterocycles. The average Bonchev–Trinajstić information content (AvgIpc) is 2.85. The Labute approximate surface area is 115 Å². The van der Waals surface area contributed by atoms with E-state index in [0.717, 1.165) is 6.42 Å². The summed E-state index contributed by atoms with van der Waals surface area (Å²) in [6.07, 6.45) is 3.57. The molecule has 1 aliphatic carbocycles. The molecule has 0 radical (unpaired) electrons. The minimum atomic E-state index is -0.587. The molecule has 2 rings (SSSR count). The van der Waals surface area contributed by atoms with E-state index in [-0.39, 0.29) is 12.0 Å². The molecule has 0 saturated heterocycles. The van der Waals surface area contributed by atoms with Gasteiger partial charge in [0.05, 0.1) is 12.5 Å².